The molecule has 0 N–H and O–H groups in total. The van der Waals surface area contributed by atoms with E-state index in [2.05, 4.69) is 11.7 Å². The minimum Gasteiger partial charge on any atom is -0.432 e. The first-order valence-corrected chi connectivity index (χ1v) is 9.95. The van der Waals surface area contributed by atoms with Crippen molar-refractivity contribution in [3.63, 3.8) is 0 Å². The number of benzene rings is 3. The average Bonchev–Trinajstić information content (AvgIpc) is 2.69. The molecule has 0 heterocycles. The van der Waals surface area contributed by atoms with Gasteiger partial charge in [-0.1, -0.05) is 69.0 Å². The second-order valence-electron chi connectivity index (χ2n) is 7.17. The van der Waals surface area contributed by atoms with Crippen molar-refractivity contribution in [3.8, 4) is 16.9 Å². The summed E-state index contributed by atoms with van der Waals surface area (Å²) < 4.78 is 57.7. The third kappa shape index (κ3) is 5.28. The van der Waals surface area contributed by atoms with Crippen molar-refractivity contribution in [2.24, 2.45) is 0 Å². The predicted molar refractivity (Wildman–Crippen MR) is 108 cm³/mol. The Morgan fingerprint density at radius 2 is 1.66 bits per heavy atom. The molecule has 0 amide bonds. The van der Waals surface area contributed by atoms with Crippen LogP contribution in [0.1, 0.15) is 44.6 Å². The number of aryl methyl sites for hydroxylation is 1. The van der Waals surface area contributed by atoms with E-state index >= 15 is 4.39 Å². The fourth-order valence-corrected chi connectivity index (χ4v) is 3.51. The minimum atomic E-state index is -3.12. The van der Waals surface area contributed by atoms with Crippen LogP contribution < -0.4 is 4.74 Å². The maximum atomic E-state index is 15.0. The maximum Gasteiger partial charge on any atom is 0.387 e. The van der Waals surface area contributed by atoms with Crippen molar-refractivity contribution in [2.75, 3.05) is 0 Å². The lowest BCUT2D eigenvalue weighted by Gasteiger charge is -2.11. The van der Waals surface area contributed by atoms with Gasteiger partial charge in [-0.25, -0.2) is 8.78 Å². The molecule has 0 radical (unpaired) electrons. The second kappa shape index (κ2) is 9.77. The molecule has 3 rings (SSSR count). The fraction of sp³-hybridized carbons (Fsp3) is 0.333. The molecule has 0 saturated carbocycles. The molecule has 3 aromatic carbocycles. The number of halogens is 4. The largest absolute Gasteiger partial charge is 0.432 e. The van der Waals surface area contributed by atoms with Crippen LogP contribution in [0, 0.1) is 11.6 Å². The summed E-state index contributed by atoms with van der Waals surface area (Å²) in [6.07, 6.45) is 6.96. The molecule has 5 heteroatoms. The van der Waals surface area contributed by atoms with Crippen molar-refractivity contribution >= 4 is 10.8 Å². The van der Waals surface area contributed by atoms with Crippen LogP contribution in [0.25, 0.3) is 21.9 Å². The molecule has 1 nitrogen and oxygen atoms in total. The van der Waals surface area contributed by atoms with Gasteiger partial charge in [0.2, 0.25) is 0 Å². The number of hydrogen-bond acceptors (Lipinski definition) is 1. The van der Waals surface area contributed by atoms with Gasteiger partial charge < -0.3 is 4.74 Å². The standard InChI is InChI=1S/C24H24F4O/c1-2-3-4-5-6-7-16-8-11-19-17(14-16)9-12-20(23(19)26)18-10-13-22(21(25)15-18)29-24(27)28/h8-15,24H,2-7H2,1H3. The monoisotopic (exact) mass is 404 g/mol. The van der Waals surface area contributed by atoms with Gasteiger partial charge in [-0.3, -0.25) is 0 Å². The van der Waals surface area contributed by atoms with Crippen LogP contribution in [0.15, 0.2) is 48.5 Å². The van der Waals surface area contributed by atoms with Crippen LogP contribution in [0.5, 0.6) is 5.75 Å². The maximum absolute atomic E-state index is 15.0. The lowest BCUT2D eigenvalue weighted by Crippen LogP contribution is -2.03. The van der Waals surface area contributed by atoms with Crippen LogP contribution in [-0.2, 0) is 6.42 Å². The molecule has 0 fully saturated rings. The normalized spacial score (nSPS) is 11.4. The Morgan fingerprint density at radius 3 is 2.38 bits per heavy atom. The van der Waals surface area contributed by atoms with Crippen LogP contribution >= 0.6 is 0 Å². The van der Waals surface area contributed by atoms with E-state index in [4.69, 9.17) is 0 Å². The summed E-state index contributed by atoms with van der Waals surface area (Å²) in [4.78, 5) is 0. The highest BCUT2D eigenvalue weighted by atomic mass is 19.3. The van der Waals surface area contributed by atoms with Crippen molar-refractivity contribution in [3.05, 3.63) is 65.7 Å². The summed E-state index contributed by atoms with van der Waals surface area (Å²) in [6, 6.07) is 12.5. The fourth-order valence-electron chi connectivity index (χ4n) is 3.51. The molecule has 0 aliphatic heterocycles. The van der Waals surface area contributed by atoms with E-state index in [0.29, 0.717) is 5.39 Å². The highest BCUT2D eigenvalue weighted by Crippen LogP contribution is 2.32. The topological polar surface area (TPSA) is 9.23 Å². The van der Waals surface area contributed by atoms with Crippen molar-refractivity contribution in [1.82, 2.24) is 0 Å². The number of hydrogen-bond donors (Lipinski definition) is 0. The molecule has 154 valence electrons. The summed E-state index contributed by atoms with van der Waals surface area (Å²) >= 11 is 0. The Kier molecular flexibility index (Phi) is 7.13. The SMILES string of the molecule is CCCCCCCc1ccc2c(F)c(-c3ccc(OC(F)F)c(F)c3)ccc2c1. The van der Waals surface area contributed by atoms with Crippen LogP contribution in [-0.4, -0.2) is 6.61 Å². The Labute approximate surface area is 168 Å². The summed E-state index contributed by atoms with van der Waals surface area (Å²) in [7, 11) is 0. The first-order valence-electron chi connectivity index (χ1n) is 9.95. The second-order valence-corrected chi connectivity index (χ2v) is 7.17. The summed E-state index contributed by atoms with van der Waals surface area (Å²) in [6.45, 7) is -0.930. The molecule has 0 aliphatic rings. The minimum absolute atomic E-state index is 0.215. The molecule has 0 saturated heterocycles. The molecule has 0 bridgehead atoms. The zero-order valence-corrected chi connectivity index (χ0v) is 16.4. The van der Waals surface area contributed by atoms with Crippen molar-refractivity contribution < 1.29 is 22.3 Å². The molecule has 0 atom stereocenters. The Balaban J connectivity index is 1.81. The highest BCUT2D eigenvalue weighted by molar-refractivity contribution is 5.88. The van der Waals surface area contributed by atoms with Crippen LogP contribution in [0.4, 0.5) is 17.6 Å². The number of ether oxygens (including phenoxy) is 1. The van der Waals surface area contributed by atoms with Gasteiger partial charge in [0.15, 0.2) is 11.6 Å². The van der Waals surface area contributed by atoms with Crippen LogP contribution in [0.3, 0.4) is 0 Å². The van der Waals surface area contributed by atoms with E-state index in [9.17, 15) is 13.2 Å². The summed E-state index contributed by atoms with van der Waals surface area (Å²) in [5.41, 5.74) is 1.65. The number of rotatable bonds is 9. The third-order valence-corrected chi connectivity index (χ3v) is 5.05. The number of alkyl halides is 2. The average molecular weight is 404 g/mol. The van der Waals surface area contributed by atoms with E-state index in [-0.39, 0.29) is 11.1 Å². The molecule has 0 aromatic heterocycles. The van der Waals surface area contributed by atoms with Gasteiger partial charge in [0.25, 0.3) is 0 Å². The Hall–Kier alpha value is -2.56. The van der Waals surface area contributed by atoms with Gasteiger partial charge in [-0.15, -0.1) is 0 Å². The summed E-state index contributed by atoms with van der Waals surface area (Å²) in [5, 5.41) is 1.24. The van der Waals surface area contributed by atoms with Crippen LogP contribution in [0.2, 0.25) is 0 Å². The van der Waals surface area contributed by atoms with Gasteiger partial charge in [-0.2, -0.15) is 8.78 Å². The van der Waals surface area contributed by atoms with Gasteiger partial charge in [-0.05, 0) is 41.5 Å². The quantitative estimate of drug-likeness (QED) is 0.260. The van der Waals surface area contributed by atoms with Crippen molar-refractivity contribution in [1.29, 1.82) is 0 Å². The van der Waals surface area contributed by atoms with E-state index in [1.807, 2.05) is 12.1 Å². The lowest BCUT2D eigenvalue weighted by molar-refractivity contribution is -0.0521. The molecular weight excluding hydrogens is 380 g/mol. The Morgan fingerprint density at radius 1 is 0.862 bits per heavy atom. The van der Waals surface area contributed by atoms with E-state index in [0.717, 1.165) is 30.4 Å². The molecule has 0 aliphatic carbocycles. The highest BCUT2D eigenvalue weighted by Gasteiger charge is 2.14. The number of fused-ring (bicyclic) bond motifs is 1. The first kappa shape index (κ1) is 21.2. The van der Waals surface area contributed by atoms with Crippen molar-refractivity contribution in [2.45, 2.75) is 52.1 Å². The van der Waals surface area contributed by atoms with E-state index in [1.54, 1.807) is 18.2 Å². The first-order chi connectivity index (χ1) is 14.0. The van der Waals surface area contributed by atoms with Gasteiger partial charge in [0.05, 0.1) is 0 Å². The smallest absolute Gasteiger partial charge is 0.387 e. The predicted octanol–water partition coefficient (Wildman–Crippen LogP) is 7.90. The molecule has 0 spiro atoms. The van der Waals surface area contributed by atoms with Gasteiger partial charge >= 0.3 is 6.61 Å². The van der Waals surface area contributed by atoms with E-state index < -0.39 is 24.0 Å². The zero-order chi connectivity index (χ0) is 20.8. The molecule has 0 unspecified atom stereocenters. The van der Waals surface area contributed by atoms with Gasteiger partial charge in [0, 0.05) is 10.9 Å². The Bertz CT molecular complexity index is 968. The molecule has 3 aromatic rings. The van der Waals surface area contributed by atoms with Gasteiger partial charge in [0.1, 0.15) is 5.82 Å². The number of unbranched alkanes of at least 4 members (excludes halogenated alkanes) is 4. The third-order valence-electron chi connectivity index (χ3n) is 5.05. The zero-order valence-electron chi connectivity index (χ0n) is 16.4. The lowest BCUT2D eigenvalue weighted by atomic mass is 9.97. The summed E-state index contributed by atoms with van der Waals surface area (Å²) in [5.74, 6) is -1.98. The molecular formula is C24H24F4O. The molecule has 29 heavy (non-hydrogen) atoms. The van der Waals surface area contributed by atoms with E-state index in [1.165, 1.54) is 37.3 Å².